The lowest BCUT2D eigenvalue weighted by atomic mass is 9.74. The monoisotopic (exact) mass is 472 g/mol. The number of fused-ring (bicyclic) bond motifs is 2. The number of carbonyl (C=O) groups is 1. The molecule has 1 aliphatic heterocycles. The molecule has 0 bridgehead atoms. The van der Waals surface area contributed by atoms with Gasteiger partial charge in [0.1, 0.15) is 11.6 Å². The molecule has 1 spiro atoms. The number of hydrogen-bond acceptors (Lipinski definition) is 2. The summed E-state index contributed by atoms with van der Waals surface area (Å²) < 4.78 is 26.9. The Bertz CT molecular complexity index is 1150. The minimum atomic E-state index is -0.611. The van der Waals surface area contributed by atoms with Crippen LogP contribution in [0.25, 0.3) is 6.08 Å². The third-order valence-electron chi connectivity index (χ3n) is 7.45. The van der Waals surface area contributed by atoms with Crippen LogP contribution in [0.15, 0.2) is 78.9 Å². The first-order chi connectivity index (χ1) is 17.0. The summed E-state index contributed by atoms with van der Waals surface area (Å²) in [5.74, 6) is -1.48. The number of rotatable bonds is 7. The summed E-state index contributed by atoms with van der Waals surface area (Å²) >= 11 is 0. The van der Waals surface area contributed by atoms with Crippen LogP contribution in [0.4, 0.5) is 8.78 Å². The first kappa shape index (κ1) is 23.4. The van der Waals surface area contributed by atoms with Crippen molar-refractivity contribution in [1.82, 2.24) is 10.2 Å². The Hall–Kier alpha value is -3.31. The van der Waals surface area contributed by atoms with E-state index < -0.39 is 5.92 Å². The zero-order valence-electron chi connectivity index (χ0n) is 19.7. The number of amides is 1. The largest absolute Gasteiger partial charge is 0.355 e. The van der Waals surface area contributed by atoms with Gasteiger partial charge < -0.3 is 10.2 Å². The minimum absolute atomic E-state index is 0.159. The summed E-state index contributed by atoms with van der Waals surface area (Å²) in [6.45, 7) is 3.57. The van der Waals surface area contributed by atoms with Gasteiger partial charge in [0, 0.05) is 12.0 Å². The molecule has 0 aromatic heterocycles. The van der Waals surface area contributed by atoms with Crippen molar-refractivity contribution in [1.29, 1.82) is 0 Å². The predicted molar refractivity (Wildman–Crippen MR) is 135 cm³/mol. The zero-order valence-corrected chi connectivity index (χ0v) is 19.7. The Morgan fingerprint density at radius 3 is 2.11 bits per heavy atom. The lowest BCUT2D eigenvalue weighted by Gasteiger charge is -2.39. The molecule has 0 atom stereocenters. The van der Waals surface area contributed by atoms with E-state index in [2.05, 4.69) is 46.6 Å². The average molecular weight is 473 g/mol. The Labute approximate surface area is 205 Å². The van der Waals surface area contributed by atoms with Gasteiger partial charge in [0.15, 0.2) is 0 Å². The zero-order chi connectivity index (χ0) is 24.3. The summed E-state index contributed by atoms with van der Waals surface area (Å²) in [7, 11) is 0. The summed E-state index contributed by atoms with van der Waals surface area (Å²) in [5.41, 5.74) is 4.35. The van der Waals surface area contributed by atoms with Gasteiger partial charge in [-0.1, -0.05) is 60.7 Å². The lowest BCUT2D eigenvalue weighted by molar-refractivity contribution is -0.121. The standard InChI is InChI=1S/C30H30F2N2O/c31-25-10-6-23(7-11-25)28(24-8-12-26(32)13-9-24)29(35)33-18-3-19-34-20-16-30(17-21-34)15-14-22-4-1-2-5-27(22)30/h1-2,4-15,28H,3,16-21H2,(H,33,35). The Morgan fingerprint density at radius 1 is 0.886 bits per heavy atom. The predicted octanol–water partition coefficient (Wildman–Crippen LogP) is 5.66. The van der Waals surface area contributed by atoms with Gasteiger partial charge >= 0.3 is 0 Å². The second kappa shape index (κ2) is 10.1. The quantitative estimate of drug-likeness (QED) is 0.450. The number of nitrogens with zero attached hydrogens (tertiary/aromatic N) is 1. The molecule has 1 heterocycles. The summed E-state index contributed by atoms with van der Waals surface area (Å²) in [5, 5.41) is 3.05. The van der Waals surface area contributed by atoms with Gasteiger partial charge in [-0.25, -0.2) is 8.78 Å². The van der Waals surface area contributed by atoms with E-state index in [-0.39, 0.29) is 23.0 Å². The molecule has 5 heteroatoms. The third-order valence-corrected chi connectivity index (χ3v) is 7.45. The maximum Gasteiger partial charge on any atom is 0.232 e. The molecule has 1 amide bonds. The van der Waals surface area contributed by atoms with Crippen LogP contribution < -0.4 is 5.32 Å². The van der Waals surface area contributed by atoms with E-state index in [0.717, 1.165) is 38.9 Å². The van der Waals surface area contributed by atoms with Crippen LogP contribution in [-0.4, -0.2) is 37.0 Å². The number of piperidine rings is 1. The molecule has 0 unspecified atom stereocenters. The minimum Gasteiger partial charge on any atom is -0.355 e. The highest BCUT2D eigenvalue weighted by atomic mass is 19.1. The smallest absolute Gasteiger partial charge is 0.232 e. The molecule has 3 aromatic carbocycles. The molecule has 1 N–H and O–H groups in total. The number of hydrogen-bond donors (Lipinski definition) is 1. The van der Waals surface area contributed by atoms with E-state index >= 15 is 0 Å². The van der Waals surface area contributed by atoms with E-state index in [4.69, 9.17) is 0 Å². The highest BCUT2D eigenvalue weighted by molar-refractivity contribution is 5.87. The second-order valence-corrected chi connectivity index (χ2v) is 9.60. The van der Waals surface area contributed by atoms with E-state index in [1.165, 1.54) is 35.4 Å². The highest BCUT2D eigenvalue weighted by Gasteiger charge is 2.37. The van der Waals surface area contributed by atoms with Gasteiger partial charge in [-0.3, -0.25) is 4.79 Å². The van der Waals surface area contributed by atoms with E-state index in [1.807, 2.05) is 0 Å². The normalized spacial score (nSPS) is 16.5. The Kier molecular flexibility index (Phi) is 6.78. The molecule has 3 aromatic rings. The molecule has 1 fully saturated rings. The fourth-order valence-corrected chi connectivity index (χ4v) is 5.47. The molecule has 5 rings (SSSR count). The molecule has 3 nitrogen and oxygen atoms in total. The first-order valence-electron chi connectivity index (χ1n) is 12.3. The molecule has 180 valence electrons. The van der Waals surface area contributed by atoms with Crippen LogP contribution in [0.3, 0.4) is 0 Å². The maximum absolute atomic E-state index is 13.4. The fourth-order valence-electron chi connectivity index (χ4n) is 5.47. The maximum atomic E-state index is 13.4. The third kappa shape index (κ3) is 5.06. The first-order valence-corrected chi connectivity index (χ1v) is 12.3. The van der Waals surface area contributed by atoms with Crippen molar-refractivity contribution in [2.45, 2.75) is 30.6 Å². The van der Waals surface area contributed by atoms with Crippen LogP contribution in [0.2, 0.25) is 0 Å². The average Bonchev–Trinajstić information content (AvgIpc) is 3.24. The molecule has 0 saturated carbocycles. The molecule has 2 aliphatic rings. The molecule has 0 radical (unpaired) electrons. The molecule has 1 aliphatic carbocycles. The second-order valence-electron chi connectivity index (χ2n) is 9.60. The van der Waals surface area contributed by atoms with Crippen molar-refractivity contribution in [3.8, 4) is 0 Å². The number of allylic oxidation sites excluding steroid dienone is 1. The van der Waals surface area contributed by atoms with Crippen molar-refractivity contribution in [2.75, 3.05) is 26.2 Å². The van der Waals surface area contributed by atoms with E-state index in [0.29, 0.717) is 17.7 Å². The number of likely N-dealkylation sites (tertiary alicyclic amines) is 1. The number of halogens is 2. The molecular weight excluding hydrogens is 442 g/mol. The molecule has 1 saturated heterocycles. The van der Waals surface area contributed by atoms with Crippen molar-refractivity contribution >= 4 is 12.0 Å². The van der Waals surface area contributed by atoms with Crippen LogP contribution in [-0.2, 0) is 10.2 Å². The van der Waals surface area contributed by atoms with Gasteiger partial charge in [0.25, 0.3) is 0 Å². The van der Waals surface area contributed by atoms with Crippen molar-refractivity contribution < 1.29 is 13.6 Å². The highest BCUT2D eigenvalue weighted by Crippen LogP contribution is 2.43. The number of nitrogens with one attached hydrogen (secondary N) is 1. The summed E-state index contributed by atoms with van der Waals surface area (Å²) in [6.07, 6.45) is 7.73. The molecular formula is C30H30F2N2O. The van der Waals surface area contributed by atoms with E-state index in [1.54, 1.807) is 24.3 Å². The summed E-state index contributed by atoms with van der Waals surface area (Å²) in [4.78, 5) is 15.6. The van der Waals surface area contributed by atoms with Crippen LogP contribution in [0, 0.1) is 11.6 Å². The number of carbonyl (C=O) groups excluding carboxylic acids is 1. The topological polar surface area (TPSA) is 32.3 Å². The van der Waals surface area contributed by atoms with Crippen molar-refractivity contribution in [3.05, 3.63) is 113 Å². The fraction of sp³-hybridized carbons (Fsp3) is 0.300. The van der Waals surface area contributed by atoms with Gasteiger partial charge in [-0.15, -0.1) is 0 Å². The van der Waals surface area contributed by atoms with Gasteiger partial charge in [0.2, 0.25) is 5.91 Å². The molecule has 35 heavy (non-hydrogen) atoms. The van der Waals surface area contributed by atoms with Gasteiger partial charge in [-0.2, -0.15) is 0 Å². The van der Waals surface area contributed by atoms with Gasteiger partial charge in [0.05, 0.1) is 5.92 Å². The Morgan fingerprint density at radius 2 is 1.49 bits per heavy atom. The SMILES string of the molecule is O=C(NCCCN1CCC2(C=Cc3ccccc32)CC1)C(c1ccc(F)cc1)c1ccc(F)cc1. The van der Waals surface area contributed by atoms with Gasteiger partial charge in [-0.05, 0) is 85.4 Å². The lowest BCUT2D eigenvalue weighted by Crippen LogP contribution is -2.42. The van der Waals surface area contributed by atoms with Crippen LogP contribution in [0.1, 0.15) is 47.4 Å². The Balaban J connectivity index is 1.14. The van der Waals surface area contributed by atoms with E-state index in [9.17, 15) is 13.6 Å². The van der Waals surface area contributed by atoms with Crippen molar-refractivity contribution in [3.63, 3.8) is 0 Å². The summed E-state index contributed by atoms with van der Waals surface area (Å²) in [6, 6.07) is 20.5. The van der Waals surface area contributed by atoms with Crippen molar-refractivity contribution in [2.24, 2.45) is 0 Å². The van der Waals surface area contributed by atoms with Crippen LogP contribution >= 0.6 is 0 Å². The number of benzene rings is 3. The van der Waals surface area contributed by atoms with Crippen LogP contribution in [0.5, 0.6) is 0 Å².